The van der Waals surface area contributed by atoms with Crippen LogP contribution in [0.15, 0.2) is 48.8 Å². The van der Waals surface area contributed by atoms with E-state index in [9.17, 15) is 4.79 Å². The van der Waals surface area contributed by atoms with E-state index in [-0.39, 0.29) is 12.1 Å². The number of nitrogens with one attached hydrogen (secondary N) is 1. The van der Waals surface area contributed by atoms with Gasteiger partial charge in [0.1, 0.15) is 5.75 Å². The highest BCUT2D eigenvalue weighted by Crippen LogP contribution is 2.30. The summed E-state index contributed by atoms with van der Waals surface area (Å²) in [7, 11) is 1.79. The zero-order valence-electron chi connectivity index (χ0n) is 14.8. The number of carbonyl (C=O) groups is 1. The first-order valence-corrected chi connectivity index (χ1v) is 8.76. The van der Waals surface area contributed by atoms with Crippen molar-refractivity contribution in [3.63, 3.8) is 0 Å². The van der Waals surface area contributed by atoms with Crippen LogP contribution in [0, 0.1) is 5.92 Å². The molecule has 1 aromatic heterocycles. The largest absolute Gasteiger partial charge is 0.493 e. The second-order valence-corrected chi connectivity index (χ2v) is 6.59. The summed E-state index contributed by atoms with van der Waals surface area (Å²) >= 11 is 0. The molecule has 3 rings (SSSR count). The number of para-hydroxylation sites is 1. The van der Waals surface area contributed by atoms with Crippen molar-refractivity contribution >= 4 is 6.03 Å². The van der Waals surface area contributed by atoms with Crippen LogP contribution in [0.3, 0.4) is 0 Å². The van der Waals surface area contributed by atoms with Crippen molar-refractivity contribution in [2.45, 2.75) is 32.4 Å². The second kappa shape index (κ2) is 8.01. The number of urea groups is 1. The summed E-state index contributed by atoms with van der Waals surface area (Å²) in [5.41, 5.74) is 2.01. The molecule has 5 nitrogen and oxygen atoms in total. The molecule has 0 spiro atoms. The second-order valence-electron chi connectivity index (χ2n) is 6.59. The standard InChI is InChI=1S/C20H25N3O2/c1-15(17-7-5-11-21-12-17)23(2)20(24)22-13-18-6-3-4-8-19(18)25-14-16-9-10-16/h3-8,11-12,15-16H,9-10,13-14H2,1-2H3,(H,22,24). The zero-order chi connectivity index (χ0) is 17.6. The third-order valence-electron chi connectivity index (χ3n) is 4.64. The maximum absolute atomic E-state index is 12.5. The van der Waals surface area contributed by atoms with Crippen molar-refractivity contribution in [3.05, 3.63) is 59.9 Å². The van der Waals surface area contributed by atoms with Crippen LogP contribution in [0.2, 0.25) is 0 Å². The molecule has 1 N–H and O–H groups in total. The fraction of sp³-hybridized carbons (Fsp3) is 0.400. The molecule has 0 bridgehead atoms. The predicted octanol–water partition coefficient (Wildman–Crippen LogP) is 3.77. The number of aromatic nitrogens is 1. The van der Waals surface area contributed by atoms with Crippen LogP contribution in [0.4, 0.5) is 4.79 Å². The SMILES string of the molecule is CC(c1cccnc1)N(C)C(=O)NCc1ccccc1OCC1CC1. The van der Waals surface area contributed by atoms with Crippen molar-refractivity contribution in [1.29, 1.82) is 0 Å². The number of nitrogens with zero attached hydrogens (tertiary/aromatic N) is 2. The number of benzene rings is 1. The summed E-state index contributed by atoms with van der Waals surface area (Å²) in [6.45, 7) is 3.20. The monoisotopic (exact) mass is 339 g/mol. The van der Waals surface area contributed by atoms with Crippen molar-refractivity contribution < 1.29 is 9.53 Å². The Labute approximate surface area is 149 Å². The molecule has 1 aromatic carbocycles. The van der Waals surface area contributed by atoms with Crippen molar-refractivity contribution in [1.82, 2.24) is 15.2 Å². The molecule has 2 amide bonds. The molecule has 1 atom stereocenters. The molecule has 25 heavy (non-hydrogen) atoms. The summed E-state index contributed by atoms with van der Waals surface area (Å²) < 4.78 is 5.90. The van der Waals surface area contributed by atoms with Crippen LogP contribution in [-0.2, 0) is 6.54 Å². The minimum atomic E-state index is -0.117. The molecule has 1 heterocycles. The molecule has 0 aliphatic heterocycles. The van der Waals surface area contributed by atoms with E-state index in [2.05, 4.69) is 10.3 Å². The number of hydrogen-bond donors (Lipinski definition) is 1. The van der Waals surface area contributed by atoms with Gasteiger partial charge >= 0.3 is 6.03 Å². The highest BCUT2D eigenvalue weighted by molar-refractivity contribution is 5.74. The van der Waals surface area contributed by atoms with Crippen LogP contribution < -0.4 is 10.1 Å². The van der Waals surface area contributed by atoms with E-state index in [1.165, 1.54) is 12.8 Å². The minimum absolute atomic E-state index is 0.0462. The van der Waals surface area contributed by atoms with E-state index >= 15 is 0 Å². The molecule has 0 radical (unpaired) electrons. The average Bonchev–Trinajstić information content (AvgIpc) is 3.49. The van der Waals surface area contributed by atoms with Gasteiger partial charge in [0.25, 0.3) is 0 Å². The Bertz CT molecular complexity index is 701. The number of ether oxygens (including phenoxy) is 1. The first-order chi connectivity index (χ1) is 12.1. The van der Waals surface area contributed by atoms with Crippen molar-refractivity contribution in [3.8, 4) is 5.75 Å². The van der Waals surface area contributed by atoms with Gasteiger partial charge in [-0.05, 0) is 43.4 Å². The molecule has 0 saturated heterocycles. The number of rotatable bonds is 7. The zero-order valence-corrected chi connectivity index (χ0v) is 14.8. The number of carbonyl (C=O) groups excluding carboxylic acids is 1. The first-order valence-electron chi connectivity index (χ1n) is 8.76. The normalized spacial score (nSPS) is 14.6. The predicted molar refractivity (Wildman–Crippen MR) is 97.3 cm³/mol. The van der Waals surface area contributed by atoms with E-state index in [0.717, 1.165) is 23.5 Å². The molecule has 1 aliphatic carbocycles. The Hall–Kier alpha value is -2.56. The molecular weight excluding hydrogens is 314 g/mol. The molecule has 1 fully saturated rings. The quantitative estimate of drug-likeness (QED) is 0.835. The fourth-order valence-electron chi connectivity index (χ4n) is 2.60. The Balaban J connectivity index is 1.56. The van der Waals surface area contributed by atoms with Gasteiger partial charge in [-0.25, -0.2) is 4.79 Å². The van der Waals surface area contributed by atoms with Gasteiger partial charge in [0, 0.05) is 31.5 Å². The van der Waals surface area contributed by atoms with E-state index in [4.69, 9.17) is 4.74 Å². The minimum Gasteiger partial charge on any atom is -0.493 e. The van der Waals surface area contributed by atoms with Gasteiger partial charge in [-0.2, -0.15) is 0 Å². The van der Waals surface area contributed by atoms with Crippen LogP contribution >= 0.6 is 0 Å². The van der Waals surface area contributed by atoms with E-state index in [1.54, 1.807) is 24.3 Å². The Morgan fingerprint density at radius 1 is 1.32 bits per heavy atom. The van der Waals surface area contributed by atoms with Crippen LogP contribution in [-0.4, -0.2) is 29.6 Å². The smallest absolute Gasteiger partial charge is 0.317 e. The lowest BCUT2D eigenvalue weighted by molar-refractivity contribution is 0.193. The summed E-state index contributed by atoms with van der Waals surface area (Å²) in [5, 5.41) is 2.98. The highest BCUT2D eigenvalue weighted by atomic mass is 16.5. The van der Waals surface area contributed by atoms with Gasteiger partial charge in [0.05, 0.1) is 12.6 Å². The molecule has 5 heteroatoms. The van der Waals surface area contributed by atoms with Gasteiger partial charge in [-0.15, -0.1) is 0 Å². The molecule has 1 aliphatic rings. The first kappa shape index (κ1) is 17.3. The van der Waals surface area contributed by atoms with Gasteiger partial charge in [0.2, 0.25) is 0 Å². The van der Waals surface area contributed by atoms with Crippen LogP contribution in [0.5, 0.6) is 5.75 Å². The molecule has 2 aromatic rings. The molecular formula is C20H25N3O2. The van der Waals surface area contributed by atoms with E-state index < -0.39 is 0 Å². The molecule has 1 saturated carbocycles. The average molecular weight is 339 g/mol. The third kappa shape index (κ3) is 4.72. The molecule has 1 unspecified atom stereocenters. The van der Waals surface area contributed by atoms with Gasteiger partial charge in [-0.3, -0.25) is 4.98 Å². The van der Waals surface area contributed by atoms with E-state index in [1.807, 2.05) is 43.3 Å². The van der Waals surface area contributed by atoms with E-state index in [0.29, 0.717) is 12.5 Å². The summed E-state index contributed by atoms with van der Waals surface area (Å²) in [6.07, 6.45) is 6.04. The van der Waals surface area contributed by atoms with Crippen LogP contribution in [0.1, 0.15) is 36.9 Å². The number of hydrogen-bond acceptors (Lipinski definition) is 3. The number of pyridine rings is 1. The lowest BCUT2D eigenvalue weighted by Gasteiger charge is -2.25. The summed E-state index contributed by atoms with van der Waals surface area (Å²) in [6, 6.07) is 11.6. The Morgan fingerprint density at radius 3 is 2.84 bits per heavy atom. The van der Waals surface area contributed by atoms with Crippen LogP contribution in [0.25, 0.3) is 0 Å². The lowest BCUT2D eigenvalue weighted by atomic mass is 10.1. The molecule has 132 valence electrons. The highest BCUT2D eigenvalue weighted by Gasteiger charge is 2.22. The maximum Gasteiger partial charge on any atom is 0.317 e. The topological polar surface area (TPSA) is 54.5 Å². The van der Waals surface area contributed by atoms with Crippen molar-refractivity contribution in [2.24, 2.45) is 5.92 Å². The van der Waals surface area contributed by atoms with Gasteiger partial charge in [-0.1, -0.05) is 24.3 Å². The third-order valence-corrected chi connectivity index (χ3v) is 4.64. The number of amides is 2. The maximum atomic E-state index is 12.5. The summed E-state index contributed by atoms with van der Waals surface area (Å²) in [5.74, 6) is 1.56. The van der Waals surface area contributed by atoms with Gasteiger partial charge < -0.3 is 15.0 Å². The van der Waals surface area contributed by atoms with Gasteiger partial charge in [0.15, 0.2) is 0 Å². The lowest BCUT2D eigenvalue weighted by Crippen LogP contribution is -2.38. The summed E-state index contributed by atoms with van der Waals surface area (Å²) in [4.78, 5) is 18.3. The fourth-order valence-corrected chi connectivity index (χ4v) is 2.60. The Kier molecular flexibility index (Phi) is 5.53. The van der Waals surface area contributed by atoms with Crippen molar-refractivity contribution in [2.75, 3.05) is 13.7 Å². The Morgan fingerprint density at radius 2 is 2.12 bits per heavy atom.